The van der Waals surface area contributed by atoms with E-state index in [1.54, 1.807) is 0 Å². The fourth-order valence-corrected chi connectivity index (χ4v) is 2.79. The minimum Gasteiger partial charge on any atom is -0.321 e. The van der Waals surface area contributed by atoms with Gasteiger partial charge in [-0.3, -0.25) is 9.59 Å². The molecule has 0 aliphatic heterocycles. The lowest BCUT2D eigenvalue weighted by Crippen LogP contribution is -2.26. The molecule has 0 fully saturated rings. The highest BCUT2D eigenvalue weighted by molar-refractivity contribution is 6.02. The van der Waals surface area contributed by atoms with E-state index in [1.165, 1.54) is 16.8 Å². The van der Waals surface area contributed by atoms with Crippen LogP contribution in [0.4, 0.5) is 5.69 Å². The second-order valence-corrected chi connectivity index (χ2v) is 6.53. The van der Waals surface area contributed by atoms with Gasteiger partial charge in [0, 0.05) is 11.8 Å². The Kier molecular flexibility index (Phi) is 4.98. The predicted molar refractivity (Wildman–Crippen MR) is 103 cm³/mol. The standard InChI is InChI=1S/C21H21N3O2/c1-14-4-6-17(7-5-14)13-24-20(25)9-8-19(23-24)21(26)22-18-11-15(2)10-16(3)12-18/h4-12H,13H2,1-3H3,(H,22,26). The maximum Gasteiger partial charge on any atom is 0.276 e. The van der Waals surface area contributed by atoms with Crippen LogP contribution in [-0.2, 0) is 6.54 Å². The van der Waals surface area contributed by atoms with Crippen LogP contribution < -0.4 is 10.9 Å². The smallest absolute Gasteiger partial charge is 0.276 e. The molecular weight excluding hydrogens is 326 g/mol. The van der Waals surface area contributed by atoms with Gasteiger partial charge in [0.15, 0.2) is 0 Å². The SMILES string of the molecule is Cc1ccc(Cn2nc(C(=O)Nc3cc(C)cc(C)c3)ccc2=O)cc1. The Bertz CT molecular complexity index is 984. The second kappa shape index (κ2) is 7.35. The summed E-state index contributed by atoms with van der Waals surface area (Å²) in [5, 5.41) is 7.06. The van der Waals surface area contributed by atoms with Crippen molar-refractivity contribution in [3.63, 3.8) is 0 Å². The molecule has 1 N–H and O–H groups in total. The van der Waals surface area contributed by atoms with Gasteiger partial charge < -0.3 is 5.32 Å². The van der Waals surface area contributed by atoms with Gasteiger partial charge in [0.1, 0.15) is 5.69 Å². The number of nitrogens with zero attached hydrogens (tertiary/aromatic N) is 2. The van der Waals surface area contributed by atoms with Crippen LogP contribution in [0.25, 0.3) is 0 Å². The van der Waals surface area contributed by atoms with Gasteiger partial charge in [0.2, 0.25) is 0 Å². The van der Waals surface area contributed by atoms with Crippen molar-refractivity contribution in [2.45, 2.75) is 27.3 Å². The number of aryl methyl sites for hydroxylation is 3. The van der Waals surface area contributed by atoms with Crippen molar-refractivity contribution < 1.29 is 4.79 Å². The molecule has 132 valence electrons. The van der Waals surface area contributed by atoms with E-state index in [0.29, 0.717) is 12.2 Å². The number of rotatable bonds is 4. The molecule has 5 nitrogen and oxygen atoms in total. The highest BCUT2D eigenvalue weighted by Crippen LogP contribution is 2.14. The molecule has 0 saturated carbocycles. The van der Waals surface area contributed by atoms with Gasteiger partial charge in [-0.05, 0) is 55.7 Å². The van der Waals surface area contributed by atoms with Crippen molar-refractivity contribution in [2.75, 3.05) is 5.32 Å². The summed E-state index contributed by atoms with van der Waals surface area (Å²) in [5.41, 5.74) is 4.91. The van der Waals surface area contributed by atoms with Gasteiger partial charge in [-0.25, -0.2) is 4.68 Å². The van der Waals surface area contributed by atoms with Gasteiger partial charge in [-0.2, -0.15) is 5.10 Å². The zero-order valence-corrected chi connectivity index (χ0v) is 15.1. The lowest BCUT2D eigenvalue weighted by molar-refractivity contribution is 0.102. The van der Waals surface area contributed by atoms with E-state index in [-0.39, 0.29) is 17.2 Å². The number of carbonyl (C=O) groups excluding carboxylic acids is 1. The minimum absolute atomic E-state index is 0.205. The third-order valence-electron chi connectivity index (χ3n) is 4.03. The Balaban J connectivity index is 1.83. The fraction of sp³-hybridized carbons (Fsp3) is 0.190. The van der Waals surface area contributed by atoms with Crippen molar-refractivity contribution in [2.24, 2.45) is 0 Å². The summed E-state index contributed by atoms with van der Waals surface area (Å²) in [5.74, 6) is -0.340. The molecular formula is C21H21N3O2. The summed E-state index contributed by atoms with van der Waals surface area (Å²) in [7, 11) is 0. The molecule has 0 spiro atoms. The third kappa shape index (κ3) is 4.25. The number of benzene rings is 2. The second-order valence-electron chi connectivity index (χ2n) is 6.53. The van der Waals surface area contributed by atoms with E-state index in [2.05, 4.69) is 10.4 Å². The first-order valence-corrected chi connectivity index (χ1v) is 8.44. The molecule has 26 heavy (non-hydrogen) atoms. The largest absolute Gasteiger partial charge is 0.321 e. The number of nitrogens with one attached hydrogen (secondary N) is 1. The Morgan fingerprint density at radius 2 is 1.58 bits per heavy atom. The lowest BCUT2D eigenvalue weighted by Gasteiger charge is -2.09. The van der Waals surface area contributed by atoms with Crippen molar-refractivity contribution >= 4 is 11.6 Å². The minimum atomic E-state index is -0.340. The van der Waals surface area contributed by atoms with Gasteiger partial charge in [0.25, 0.3) is 11.5 Å². The van der Waals surface area contributed by atoms with E-state index >= 15 is 0 Å². The van der Waals surface area contributed by atoms with Crippen LogP contribution in [0.15, 0.2) is 59.4 Å². The first-order chi connectivity index (χ1) is 12.4. The summed E-state index contributed by atoms with van der Waals surface area (Å²) in [6, 6.07) is 16.5. The molecule has 1 aromatic heterocycles. The molecule has 3 rings (SSSR count). The Labute approximate surface area is 152 Å². The van der Waals surface area contributed by atoms with Gasteiger partial charge >= 0.3 is 0 Å². The van der Waals surface area contributed by atoms with E-state index in [1.807, 2.05) is 63.2 Å². The molecule has 2 aromatic carbocycles. The highest BCUT2D eigenvalue weighted by Gasteiger charge is 2.11. The fourth-order valence-electron chi connectivity index (χ4n) is 2.79. The third-order valence-corrected chi connectivity index (χ3v) is 4.03. The molecule has 5 heteroatoms. The Hall–Kier alpha value is -3.21. The number of aromatic nitrogens is 2. The lowest BCUT2D eigenvalue weighted by atomic mass is 10.1. The van der Waals surface area contributed by atoms with Crippen molar-refractivity contribution in [3.05, 3.63) is 92.9 Å². The predicted octanol–water partition coefficient (Wildman–Crippen LogP) is 3.47. The normalized spacial score (nSPS) is 10.6. The first-order valence-electron chi connectivity index (χ1n) is 8.44. The van der Waals surface area contributed by atoms with Crippen LogP contribution >= 0.6 is 0 Å². The average Bonchev–Trinajstić information content (AvgIpc) is 2.58. The number of hydrogen-bond acceptors (Lipinski definition) is 3. The zero-order chi connectivity index (χ0) is 18.7. The summed E-state index contributed by atoms with van der Waals surface area (Å²) < 4.78 is 1.31. The molecule has 1 heterocycles. The molecule has 0 bridgehead atoms. The quantitative estimate of drug-likeness (QED) is 0.786. The molecule has 0 atom stereocenters. The molecule has 0 saturated heterocycles. The van der Waals surface area contributed by atoms with Crippen LogP contribution in [-0.4, -0.2) is 15.7 Å². The zero-order valence-electron chi connectivity index (χ0n) is 15.1. The van der Waals surface area contributed by atoms with E-state index < -0.39 is 0 Å². The summed E-state index contributed by atoms with van der Waals surface area (Å²) in [4.78, 5) is 24.6. The summed E-state index contributed by atoms with van der Waals surface area (Å²) >= 11 is 0. The Morgan fingerprint density at radius 3 is 2.23 bits per heavy atom. The first kappa shape index (κ1) is 17.6. The average molecular weight is 347 g/mol. The maximum atomic E-state index is 12.5. The van der Waals surface area contributed by atoms with E-state index in [4.69, 9.17) is 0 Å². The van der Waals surface area contributed by atoms with Gasteiger partial charge in [-0.15, -0.1) is 0 Å². The van der Waals surface area contributed by atoms with Crippen LogP contribution in [0.5, 0.6) is 0 Å². The number of carbonyl (C=O) groups is 1. The highest BCUT2D eigenvalue weighted by atomic mass is 16.2. The molecule has 1 amide bonds. The number of hydrogen-bond donors (Lipinski definition) is 1. The maximum absolute atomic E-state index is 12.5. The number of anilines is 1. The molecule has 0 unspecified atom stereocenters. The van der Waals surface area contributed by atoms with Crippen LogP contribution in [0, 0.1) is 20.8 Å². The van der Waals surface area contributed by atoms with Crippen LogP contribution in [0.2, 0.25) is 0 Å². The van der Waals surface area contributed by atoms with Gasteiger partial charge in [0.05, 0.1) is 6.54 Å². The van der Waals surface area contributed by atoms with Crippen molar-refractivity contribution in [3.8, 4) is 0 Å². The van der Waals surface area contributed by atoms with Crippen LogP contribution in [0.1, 0.15) is 32.7 Å². The van der Waals surface area contributed by atoms with Crippen molar-refractivity contribution in [1.82, 2.24) is 9.78 Å². The molecule has 0 aliphatic carbocycles. The monoisotopic (exact) mass is 347 g/mol. The van der Waals surface area contributed by atoms with E-state index in [0.717, 1.165) is 22.3 Å². The van der Waals surface area contributed by atoms with Gasteiger partial charge in [-0.1, -0.05) is 35.9 Å². The molecule has 0 radical (unpaired) electrons. The summed E-state index contributed by atoms with van der Waals surface area (Å²) in [6.45, 7) is 6.28. The van der Waals surface area contributed by atoms with Crippen LogP contribution in [0.3, 0.4) is 0 Å². The van der Waals surface area contributed by atoms with E-state index in [9.17, 15) is 9.59 Å². The Morgan fingerprint density at radius 1 is 0.923 bits per heavy atom. The molecule has 0 aliphatic rings. The van der Waals surface area contributed by atoms with Crippen molar-refractivity contribution in [1.29, 1.82) is 0 Å². The summed E-state index contributed by atoms with van der Waals surface area (Å²) in [6.07, 6.45) is 0. The molecule has 3 aromatic rings. The number of amides is 1. The topological polar surface area (TPSA) is 64.0 Å².